The molecule has 0 unspecified atom stereocenters. The van der Waals surface area contributed by atoms with Gasteiger partial charge in [-0.1, -0.05) is 17.3 Å². The summed E-state index contributed by atoms with van der Waals surface area (Å²) >= 11 is 0. The lowest BCUT2D eigenvalue weighted by atomic mass is 10.2. The van der Waals surface area contributed by atoms with Gasteiger partial charge in [0.1, 0.15) is 17.1 Å². The van der Waals surface area contributed by atoms with Crippen LogP contribution in [0.15, 0.2) is 35.0 Å². The van der Waals surface area contributed by atoms with E-state index in [0.717, 1.165) is 0 Å². The molecule has 1 heterocycles. The van der Waals surface area contributed by atoms with Crippen LogP contribution in [-0.2, 0) is 0 Å². The van der Waals surface area contributed by atoms with Gasteiger partial charge in [0.25, 0.3) is 5.91 Å². The molecule has 0 saturated heterocycles. The van der Waals surface area contributed by atoms with Gasteiger partial charge in [0, 0.05) is 0 Å². The molecular weight excluding hydrogens is 220 g/mol. The van der Waals surface area contributed by atoms with E-state index in [1.807, 2.05) is 12.1 Å². The largest absolute Gasteiger partial charge is 0.495 e. The van der Waals surface area contributed by atoms with Crippen LogP contribution in [0.4, 0.5) is 5.69 Å². The first-order valence-corrected chi connectivity index (χ1v) is 5.08. The summed E-state index contributed by atoms with van der Waals surface area (Å²) in [6.45, 7) is 1.68. The van der Waals surface area contributed by atoms with E-state index in [2.05, 4.69) is 10.5 Å². The highest BCUT2D eigenvalue weighted by molar-refractivity contribution is 6.05. The molecule has 1 aromatic carbocycles. The molecule has 0 saturated carbocycles. The van der Waals surface area contributed by atoms with Crippen molar-refractivity contribution in [2.45, 2.75) is 6.92 Å². The summed E-state index contributed by atoms with van der Waals surface area (Å²) in [7, 11) is 1.55. The number of amides is 1. The Morgan fingerprint density at radius 2 is 2.18 bits per heavy atom. The Bertz CT molecular complexity index is 534. The number of para-hydroxylation sites is 2. The van der Waals surface area contributed by atoms with Crippen molar-refractivity contribution in [2.75, 3.05) is 12.4 Å². The number of rotatable bonds is 3. The average Bonchev–Trinajstić information content (AvgIpc) is 2.76. The number of aromatic nitrogens is 1. The Labute approximate surface area is 98.4 Å². The van der Waals surface area contributed by atoms with Crippen molar-refractivity contribution in [3.8, 4) is 5.75 Å². The molecule has 0 bridgehead atoms. The van der Waals surface area contributed by atoms with Crippen molar-refractivity contribution < 1.29 is 14.1 Å². The van der Waals surface area contributed by atoms with E-state index in [1.54, 1.807) is 26.2 Å². The second kappa shape index (κ2) is 4.69. The van der Waals surface area contributed by atoms with Crippen LogP contribution in [0.5, 0.6) is 5.75 Å². The molecule has 2 rings (SSSR count). The molecule has 0 fully saturated rings. The van der Waals surface area contributed by atoms with Gasteiger partial charge in [0.2, 0.25) is 0 Å². The van der Waals surface area contributed by atoms with Gasteiger partial charge in [0.15, 0.2) is 0 Å². The molecule has 0 aliphatic rings. The fourth-order valence-corrected chi connectivity index (χ4v) is 1.45. The first kappa shape index (κ1) is 11.2. The van der Waals surface area contributed by atoms with Crippen LogP contribution in [0.2, 0.25) is 0 Å². The molecule has 88 valence electrons. The molecule has 1 aromatic heterocycles. The molecule has 0 atom stereocenters. The SMILES string of the molecule is COc1ccccc1NC(=O)c1cnoc1C. The van der Waals surface area contributed by atoms with Gasteiger partial charge in [-0.25, -0.2) is 0 Å². The first-order valence-electron chi connectivity index (χ1n) is 5.08. The Hall–Kier alpha value is -2.30. The van der Waals surface area contributed by atoms with Crippen molar-refractivity contribution in [1.29, 1.82) is 0 Å². The van der Waals surface area contributed by atoms with Crippen molar-refractivity contribution in [2.24, 2.45) is 0 Å². The molecule has 1 N–H and O–H groups in total. The third-order valence-corrected chi connectivity index (χ3v) is 2.35. The van der Waals surface area contributed by atoms with Gasteiger partial charge in [-0.3, -0.25) is 4.79 Å². The molecule has 0 aliphatic heterocycles. The van der Waals surface area contributed by atoms with Crippen LogP contribution in [0.25, 0.3) is 0 Å². The summed E-state index contributed by atoms with van der Waals surface area (Å²) < 4.78 is 9.98. The lowest BCUT2D eigenvalue weighted by Gasteiger charge is -2.08. The summed E-state index contributed by atoms with van der Waals surface area (Å²) in [5.74, 6) is 0.820. The van der Waals surface area contributed by atoms with Crippen LogP contribution in [-0.4, -0.2) is 18.2 Å². The average molecular weight is 232 g/mol. The standard InChI is InChI=1S/C12H12N2O3/c1-8-9(7-13-17-8)12(15)14-10-5-3-4-6-11(10)16-2/h3-7H,1-2H3,(H,14,15). The van der Waals surface area contributed by atoms with Gasteiger partial charge in [-0.2, -0.15) is 0 Å². The predicted octanol–water partition coefficient (Wildman–Crippen LogP) is 2.24. The van der Waals surface area contributed by atoms with Gasteiger partial charge in [0.05, 0.1) is 19.0 Å². The van der Waals surface area contributed by atoms with Gasteiger partial charge in [-0.15, -0.1) is 0 Å². The van der Waals surface area contributed by atoms with Crippen molar-refractivity contribution in [3.05, 3.63) is 41.8 Å². The minimum Gasteiger partial charge on any atom is -0.495 e. The van der Waals surface area contributed by atoms with E-state index in [1.165, 1.54) is 6.20 Å². The van der Waals surface area contributed by atoms with E-state index in [9.17, 15) is 4.79 Å². The van der Waals surface area contributed by atoms with E-state index in [0.29, 0.717) is 22.8 Å². The zero-order chi connectivity index (χ0) is 12.3. The third kappa shape index (κ3) is 2.28. The lowest BCUT2D eigenvalue weighted by Crippen LogP contribution is -2.12. The number of benzene rings is 1. The number of ether oxygens (including phenoxy) is 1. The Balaban J connectivity index is 2.22. The summed E-state index contributed by atoms with van der Waals surface area (Å²) in [5, 5.41) is 6.30. The van der Waals surface area contributed by atoms with Gasteiger partial charge in [-0.05, 0) is 19.1 Å². The van der Waals surface area contributed by atoms with Crippen molar-refractivity contribution >= 4 is 11.6 Å². The highest BCUT2D eigenvalue weighted by Crippen LogP contribution is 2.23. The number of hydrogen-bond donors (Lipinski definition) is 1. The molecule has 0 aliphatic carbocycles. The second-order valence-corrected chi connectivity index (χ2v) is 3.45. The lowest BCUT2D eigenvalue weighted by molar-refractivity contribution is 0.102. The molecule has 0 radical (unpaired) electrons. The smallest absolute Gasteiger partial charge is 0.260 e. The summed E-state index contributed by atoms with van der Waals surface area (Å²) in [6, 6.07) is 7.19. The number of methoxy groups -OCH3 is 1. The zero-order valence-electron chi connectivity index (χ0n) is 9.56. The van der Waals surface area contributed by atoms with Crippen molar-refractivity contribution in [1.82, 2.24) is 5.16 Å². The van der Waals surface area contributed by atoms with E-state index < -0.39 is 0 Å². The molecular formula is C12H12N2O3. The predicted molar refractivity (Wildman–Crippen MR) is 62.2 cm³/mol. The molecule has 17 heavy (non-hydrogen) atoms. The normalized spacial score (nSPS) is 10.0. The van der Waals surface area contributed by atoms with Gasteiger partial charge < -0.3 is 14.6 Å². The number of anilines is 1. The quantitative estimate of drug-likeness (QED) is 0.881. The summed E-state index contributed by atoms with van der Waals surface area (Å²) in [4.78, 5) is 11.9. The summed E-state index contributed by atoms with van der Waals surface area (Å²) in [5.41, 5.74) is 1.02. The number of carbonyl (C=O) groups is 1. The number of nitrogens with one attached hydrogen (secondary N) is 1. The second-order valence-electron chi connectivity index (χ2n) is 3.45. The minimum atomic E-state index is -0.270. The Kier molecular flexibility index (Phi) is 3.09. The van der Waals surface area contributed by atoms with Crippen LogP contribution >= 0.6 is 0 Å². The number of carbonyl (C=O) groups excluding carboxylic acids is 1. The van der Waals surface area contributed by atoms with Crippen molar-refractivity contribution in [3.63, 3.8) is 0 Å². The minimum absolute atomic E-state index is 0.270. The topological polar surface area (TPSA) is 64.4 Å². The highest BCUT2D eigenvalue weighted by Gasteiger charge is 2.14. The fourth-order valence-electron chi connectivity index (χ4n) is 1.45. The molecule has 2 aromatic rings. The van der Waals surface area contributed by atoms with Crippen LogP contribution in [0.1, 0.15) is 16.1 Å². The van der Waals surface area contributed by atoms with Crippen LogP contribution in [0.3, 0.4) is 0 Å². The van der Waals surface area contributed by atoms with E-state index >= 15 is 0 Å². The number of hydrogen-bond acceptors (Lipinski definition) is 4. The van der Waals surface area contributed by atoms with Crippen LogP contribution in [0, 0.1) is 6.92 Å². The highest BCUT2D eigenvalue weighted by atomic mass is 16.5. The fraction of sp³-hybridized carbons (Fsp3) is 0.167. The zero-order valence-corrected chi connectivity index (χ0v) is 9.56. The number of nitrogens with zero attached hydrogens (tertiary/aromatic N) is 1. The van der Waals surface area contributed by atoms with E-state index in [-0.39, 0.29) is 5.91 Å². The van der Waals surface area contributed by atoms with Gasteiger partial charge >= 0.3 is 0 Å². The van der Waals surface area contributed by atoms with E-state index in [4.69, 9.17) is 9.26 Å². The molecule has 0 spiro atoms. The Morgan fingerprint density at radius 1 is 1.41 bits per heavy atom. The molecule has 1 amide bonds. The van der Waals surface area contributed by atoms with Crippen LogP contribution < -0.4 is 10.1 Å². The molecule has 5 nitrogen and oxygen atoms in total. The summed E-state index contributed by atoms with van der Waals surface area (Å²) in [6.07, 6.45) is 1.39. The first-order chi connectivity index (χ1) is 8.22. The number of aryl methyl sites for hydroxylation is 1. The molecule has 5 heteroatoms. The maximum absolute atomic E-state index is 11.9. The monoisotopic (exact) mass is 232 g/mol. The third-order valence-electron chi connectivity index (χ3n) is 2.35. The maximum Gasteiger partial charge on any atom is 0.260 e. The Morgan fingerprint density at radius 3 is 2.82 bits per heavy atom. The maximum atomic E-state index is 11.9.